The van der Waals surface area contributed by atoms with Gasteiger partial charge in [-0.2, -0.15) is 0 Å². The third-order valence-corrected chi connectivity index (χ3v) is 7.24. The second kappa shape index (κ2) is 11.1. The number of benzene rings is 2. The Kier molecular flexibility index (Phi) is 7.68. The fraction of sp³-hybridized carbons (Fsp3) is 0.481. The Labute approximate surface area is 213 Å². The number of halogens is 2. The van der Waals surface area contributed by atoms with Gasteiger partial charge in [-0.1, -0.05) is 0 Å². The van der Waals surface area contributed by atoms with Crippen LogP contribution in [0.5, 0.6) is 5.75 Å². The van der Waals surface area contributed by atoms with Gasteiger partial charge in [-0.05, 0) is 42.8 Å². The highest BCUT2D eigenvalue weighted by molar-refractivity contribution is 5.95. The van der Waals surface area contributed by atoms with Crippen LogP contribution in [-0.2, 0) is 25.6 Å². The lowest BCUT2D eigenvalue weighted by Gasteiger charge is -2.40. The summed E-state index contributed by atoms with van der Waals surface area (Å²) in [4.78, 5) is 25.8. The van der Waals surface area contributed by atoms with Crippen LogP contribution in [0.3, 0.4) is 0 Å². The summed E-state index contributed by atoms with van der Waals surface area (Å²) >= 11 is 0. The van der Waals surface area contributed by atoms with Crippen LogP contribution >= 0.6 is 0 Å². The van der Waals surface area contributed by atoms with E-state index in [0.717, 1.165) is 36.6 Å². The number of nitrogens with one attached hydrogen (secondary N) is 2. The number of rotatable bonds is 7. The predicted octanol–water partition coefficient (Wildman–Crippen LogP) is 3.03. The molecule has 2 saturated heterocycles. The van der Waals surface area contributed by atoms with Crippen LogP contribution in [0.25, 0.3) is 0 Å². The second-order valence-corrected chi connectivity index (χ2v) is 9.74. The molecule has 3 heterocycles. The predicted molar refractivity (Wildman–Crippen MR) is 129 cm³/mol. The van der Waals surface area contributed by atoms with Gasteiger partial charge in [0.1, 0.15) is 23.5 Å². The first-order valence-corrected chi connectivity index (χ1v) is 12.6. The van der Waals surface area contributed by atoms with E-state index in [-0.39, 0.29) is 36.5 Å². The molecule has 10 heteroatoms. The molecule has 0 aliphatic carbocycles. The van der Waals surface area contributed by atoms with E-state index in [4.69, 9.17) is 14.2 Å². The first kappa shape index (κ1) is 25.6. The number of amides is 2. The Morgan fingerprint density at radius 3 is 2.76 bits per heavy atom. The van der Waals surface area contributed by atoms with Crippen molar-refractivity contribution >= 4 is 17.5 Å². The van der Waals surface area contributed by atoms with Crippen molar-refractivity contribution in [2.45, 2.75) is 56.5 Å². The van der Waals surface area contributed by atoms with Gasteiger partial charge < -0.3 is 30.0 Å². The molecule has 2 aromatic rings. The summed E-state index contributed by atoms with van der Waals surface area (Å²) in [7, 11) is 0. The number of aliphatic hydroxyl groups excluding tert-OH is 1. The second-order valence-electron chi connectivity index (χ2n) is 9.74. The van der Waals surface area contributed by atoms with Gasteiger partial charge in [-0.25, -0.2) is 8.78 Å². The summed E-state index contributed by atoms with van der Waals surface area (Å²) in [6, 6.07) is 8.59. The number of fused-ring (bicyclic) bond motifs is 4. The normalized spacial score (nSPS) is 25.5. The third kappa shape index (κ3) is 5.76. The lowest BCUT2D eigenvalue weighted by atomic mass is 9.76. The van der Waals surface area contributed by atoms with E-state index >= 15 is 0 Å². The Hall–Kier alpha value is -3.08. The van der Waals surface area contributed by atoms with Crippen LogP contribution in [0.2, 0.25) is 0 Å². The average Bonchev–Trinajstić information content (AvgIpc) is 3.00. The molecule has 3 aliphatic heterocycles. The van der Waals surface area contributed by atoms with Crippen molar-refractivity contribution in [1.82, 2.24) is 5.32 Å². The minimum atomic E-state index is -0.817. The number of aliphatic hydroxyl groups is 1. The molecule has 0 spiro atoms. The van der Waals surface area contributed by atoms with Crippen molar-refractivity contribution in [3.8, 4) is 5.75 Å². The number of hydrogen-bond acceptors (Lipinski definition) is 6. The lowest BCUT2D eigenvalue weighted by molar-refractivity contribution is -0.148. The minimum Gasteiger partial charge on any atom is -0.490 e. The molecular formula is C27H30F2N2O6. The van der Waals surface area contributed by atoms with Crippen molar-refractivity contribution in [3.05, 3.63) is 59.2 Å². The van der Waals surface area contributed by atoms with Gasteiger partial charge in [0.15, 0.2) is 0 Å². The molecule has 0 saturated carbocycles. The zero-order chi connectivity index (χ0) is 25.9. The molecule has 0 aromatic heterocycles. The number of ether oxygens (including phenoxy) is 3. The summed E-state index contributed by atoms with van der Waals surface area (Å²) in [6.45, 7) is 0.689. The summed E-state index contributed by atoms with van der Waals surface area (Å²) in [5, 5.41) is 15.6. The Morgan fingerprint density at radius 2 is 1.97 bits per heavy atom. The van der Waals surface area contributed by atoms with Crippen LogP contribution in [0.1, 0.15) is 42.7 Å². The van der Waals surface area contributed by atoms with E-state index in [2.05, 4.69) is 10.6 Å². The highest BCUT2D eigenvalue weighted by Gasteiger charge is 2.46. The number of anilines is 1. The van der Waals surface area contributed by atoms with Crippen LogP contribution in [0.4, 0.5) is 14.5 Å². The molecule has 5 rings (SSSR count). The van der Waals surface area contributed by atoms with Crippen LogP contribution in [0, 0.1) is 17.6 Å². The summed E-state index contributed by atoms with van der Waals surface area (Å²) in [6.07, 6.45) is 0.411. The van der Waals surface area contributed by atoms with Crippen molar-refractivity contribution in [3.63, 3.8) is 0 Å². The van der Waals surface area contributed by atoms with Crippen molar-refractivity contribution < 1.29 is 37.7 Å². The molecule has 0 radical (unpaired) electrons. The number of carbonyl (C=O) groups excluding carboxylic acids is 2. The first-order chi connectivity index (χ1) is 17.9. The monoisotopic (exact) mass is 516 g/mol. The van der Waals surface area contributed by atoms with Crippen molar-refractivity contribution in [2.24, 2.45) is 5.92 Å². The molecule has 2 aromatic carbocycles. The van der Waals surface area contributed by atoms with Gasteiger partial charge in [0, 0.05) is 42.1 Å². The molecule has 2 bridgehead atoms. The van der Waals surface area contributed by atoms with E-state index in [9.17, 15) is 23.5 Å². The molecule has 2 fully saturated rings. The fourth-order valence-electron chi connectivity index (χ4n) is 5.41. The third-order valence-electron chi connectivity index (χ3n) is 7.24. The quantitative estimate of drug-likeness (QED) is 0.523. The van der Waals surface area contributed by atoms with Crippen LogP contribution in [0.15, 0.2) is 36.4 Å². The molecule has 3 aliphatic rings. The van der Waals surface area contributed by atoms with Gasteiger partial charge in [0.05, 0.1) is 44.4 Å². The molecule has 3 N–H and O–H groups in total. The molecule has 2 amide bonds. The largest absolute Gasteiger partial charge is 0.490 e. The number of hydrogen-bond donors (Lipinski definition) is 3. The smallest absolute Gasteiger partial charge is 0.230 e. The van der Waals surface area contributed by atoms with E-state index in [1.165, 1.54) is 0 Å². The van der Waals surface area contributed by atoms with Crippen LogP contribution < -0.4 is 15.4 Å². The maximum Gasteiger partial charge on any atom is 0.230 e. The summed E-state index contributed by atoms with van der Waals surface area (Å²) in [5.41, 5.74) is 1.51. The number of carbonyl (C=O) groups is 2. The zero-order valence-electron chi connectivity index (χ0n) is 20.3. The summed E-state index contributed by atoms with van der Waals surface area (Å²) in [5.74, 6) is -2.21. The van der Waals surface area contributed by atoms with E-state index < -0.39 is 42.3 Å². The topological polar surface area (TPSA) is 106 Å². The highest BCUT2D eigenvalue weighted by atomic mass is 19.1. The Balaban J connectivity index is 1.33. The summed E-state index contributed by atoms with van der Waals surface area (Å²) < 4.78 is 45.1. The van der Waals surface area contributed by atoms with Gasteiger partial charge in [0.2, 0.25) is 11.8 Å². The van der Waals surface area contributed by atoms with Gasteiger partial charge in [-0.15, -0.1) is 0 Å². The fourth-order valence-corrected chi connectivity index (χ4v) is 5.41. The Bertz CT molecular complexity index is 1160. The van der Waals surface area contributed by atoms with Gasteiger partial charge in [0.25, 0.3) is 0 Å². The lowest BCUT2D eigenvalue weighted by Crippen LogP contribution is -2.48. The van der Waals surface area contributed by atoms with Gasteiger partial charge >= 0.3 is 0 Å². The van der Waals surface area contributed by atoms with E-state index in [1.54, 1.807) is 6.07 Å². The van der Waals surface area contributed by atoms with Crippen molar-refractivity contribution in [2.75, 3.05) is 25.1 Å². The molecule has 37 heavy (non-hydrogen) atoms. The average molecular weight is 517 g/mol. The van der Waals surface area contributed by atoms with Crippen LogP contribution in [-0.4, -0.2) is 55.1 Å². The molecule has 0 unspecified atom stereocenters. The first-order valence-electron chi connectivity index (χ1n) is 12.6. The maximum atomic E-state index is 13.9. The van der Waals surface area contributed by atoms with Gasteiger partial charge in [-0.3, -0.25) is 9.59 Å². The molecule has 198 valence electrons. The maximum absolute atomic E-state index is 13.9. The molecule has 8 nitrogen and oxygen atoms in total. The van der Waals surface area contributed by atoms with E-state index in [1.807, 2.05) is 12.1 Å². The Morgan fingerprint density at radius 1 is 1.16 bits per heavy atom. The SMILES string of the molecule is O=C(C[C@H]1C[C@H]2c3cc(ccc3OC3CCOCC3)NC(=O)[C@H]2[C@H](CO)O1)NCc1cc(F)ccc1F. The molecular weight excluding hydrogens is 486 g/mol. The minimum absolute atomic E-state index is 0.000475. The molecule has 4 atom stereocenters. The standard InChI is InChI=1S/C27H30F2N2O6/c28-16-1-3-22(29)15(9-16)13-30-25(33)12-19-11-21-20-10-17(31-27(34)26(21)24(14-32)37-19)2-4-23(20)36-18-5-7-35-8-6-18/h1-4,9-10,18-19,21,24,26,32H,5-8,11-14H2,(H,30,33)(H,31,34)/t19-,21+,24+,26-/m1/s1. The zero-order valence-corrected chi connectivity index (χ0v) is 20.3. The van der Waals surface area contributed by atoms with Crippen molar-refractivity contribution in [1.29, 1.82) is 0 Å². The highest BCUT2D eigenvalue weighted by Crippen LogP contribution is 2.46. The van der Waals surface area contributed by atoms with E-state index in [0.29, 0.717) is 31.1 Å².